The predicted octanol–water partition coefficient (Wildman–Crippen LogP) is 4.04. The molecule has 122 valence electrons. The second-order valence-electron chi connectivity index (χ2n) is 4.15. The van der Waals surface area contributed by atoms with E-state index in [0.717, 1.165) is 12.1 Å². The molecule has 2 N–H and O–H groups in total. The Morgan fingerprint density at radius 3 is 1.91 bits per heavy atom. The highest BCUT2D eigenvalue weighted by Gasteiger charge is 2.26. The van der Waals surface area contributed by atoms with Gasteiger partial charge in [-0.3, -0.25) is 15.6 Å². The molecule has 0 aliphatic heterocycles. The molecule has 0 bridgehead atoms. The van der Waals surface area contributed by atoms with Crippen LogP contribution in [0.1, 0.15) is 10.4 Å². The number of carbonyl (C=O) groups excluding carboxylic acids is 1. The maximum absolute atomic E-state index is 13.5. The molecule has 0 aliphatic rings. The second-order valence-corrected chi connectivity index (χ2v) is 5.06. The van der Waals surface area contributed by atoms with Crippen LogP contribution in [0.5, 0.6) is 0 Å². The standard InChI is InChI=1S/C13H5BrF6N2O/c14-4-1-2-5(6(15)3-4)13(23)22-21-12-10(19)8(17)7(16)9(18)11(12)20/h1-3,21H,(H,22,23). The Morgan fingerprint density at radius 1 is 0.870 bits per heavy atom. The van der Waals surface area contributed by atoms with Gasteiger partial charge in [-0.25, -0.2) is 26.3 Å². The Bertz CT molecular complexity index is 770. The van der Waals surface area contributed by atoms with E-state index in [1.54, 1.807) is 10.9 Å². The summed E-state index contributed by atoms with van der Waals surface area (Å²) in [4.78, 5) is 11.7. The van der Waals surface area contributed by atoms with Crippen molar-refractivity contribution in [2.45, 2.75) is 0 Å². The van der Waals surface area contributed by atoms with E-state index in [1.807, 2.05) is 0 Å². The number of hydrogen-bond donors (Lipinski definition) is 2. The van der Waals surface area contributed by atoms with Crippen molar-refractivity contribution in [3.63, 3.8) is 0 Å². The molecule has 0 spiro atoms. The molecule has 0 aliphatic carbocycles. The highest BCUT2D eigenvalue weighted by Crippen LogP contribution is 2.26. The van der Waals surface area contributed by atoms with Gasteiger partial charge in [-0.05, 0) is 18.2 Å². The zero-order valence-corrected chi connectivity index (χ0v) is 12.4. The zero-order valence-electron chi connectivity index (χ0n) is 10.8. The van der Waals surface area contributed by atoms with Crippen molar-refractivity contribution in [3.8, 4) is 0 Å². The van der Waals surface area contributed by atoms with Crippen LogP contribution in [0.25, 0.3) is 0 Å². The molecule has 2 rings (SSSR count). The number of benzene rings is 2. The predicted molar refractivity (Wildman–Crippen MR) is 71.4 cm³/mol. The van der Waals surface area contributed by atoms with Gasteiger partial charge in [-0.2, -0.15) is 0 Å². The SMILES string of the molecule is O=C(NNc1c(F)c(F)c(F)c(F)c1F)c1ccc(Br)cc1F. The van der Waals surface area contributed by atoms with Crippen LogP contribution in [0.4, 0.5) is 32.0 Å². The van der Waals surface area contributed by atoms with Crippen LogP contribution in [0.2, 0.25) is 0 Å². The highest BCUT2D eigenvalue weighted by molar-refractivity contribution is 9.10. The minimum atomic E-state index is -2.34. The van der Waals surface area contributed by atoms with Crippen LogP contribution >= 0.6 is 15.9 Å². The topological polar surface area (TPSA) is 41.1 Å². The summed E-state index contributed by atoms with van der Waals surface area (Å²) in [5, 5.41) is 0. The van der Waals surface area contributed by atoms with Crippen LogP contribution in [-0.4, -0.2) is 5.91 Å². The van der Waals surface area contributed by atoms with Gasteiger partial charge < -0.3 is 0 Å². The first kappa shape index (κ1) is 17.1. The maximum Gasteiger partial charge on any atom is 0.272 e. The smallest absolute Gasteiger partial charge is 0.272 e. The average Bonchev–Trinajstić information content (AvgIpc) is 2.50. The van der Waals surface area contributed by atoms with E-state index in [1.165, 1.54) is 6.07 Å². The van der Waals surface area contributed by atoms with Crippen molar-refractivity contribution in [1.82, 2.24) is 5.43 Å². The summed E-state index contributed by atoms with van der Waals surface area (Å²) in [7, 11) is 0. The molecule has 0 saturated heterocycles. The van der Waals surface area contributed by atoms with Crippen molar-refractivity contribution >= 4 is 27.5 Å². The third-order valence-electron chi connectivity index (χ3n) is 2.69. The van der Waals surface area contributed by atoms with Crippen LogP contribution in [-0.2, 0) is 0 Å². The van der Waals surface area contributed by atoms with E-state index in [9.17, 15) is 31.1 Å². The molecule has 2 aromatic rings. The Balaban J connectivity index is 2.26. The van der Waals surface area contributed by atoms with E-state index in [-0.39, 0.29) is 0 Å². The lowest BCUT2D eigenvalue weighted by Gasteiger charge is -2.12. The molecule has 0 radical (unpaired) electrons. The van der Waals surface area contributed by atoms with Crippen LogP contribution < -0.4 is 10.9 Å². The van der Waals surface area contributed by atoms with Gasteiger partial charge in [-0.15, -0.1) is 0 Å². The Hall–Kier alpha value is -2.23. The summed E-state index contributed by atoms with van der Waals surface area (Å²) in [6.45, 7) is 0. The third kappa shape index (κ3) is 3.26. The summed E-state index contributed by atoms with van der Waals surface area (Å²) in [6, 6.07) is 3.32. The lowest BCUT2D eigenvalue weighted by molar-refractivity contribution is 0.0958. The first-order chi connectivity index (χ1) is 10.7. The molecule has 1 amide bonds. The summed E-state index contributed by atoms with van der Waals surface area (Å²) < 4.78 is 79.4. The second kappa shape index (κ2) is 6.49. The lowest BCUT2D eigenvalue weighted by atomic mass is 10.2. The normalized spacial score (nSPS) is 10.6. The first-order valence-electron chi connectivity index (χ1n) is 5.77. The summed E-state index contributed by atoms with van der Waals surface area (Å²) in [6.07, 6.45) is 0. The van der Waals surface area contributed by atoms with E-state index >= 15 is 0 Å². The fourth-order valence-electron chi connectivity index (χ4n) is 1.57. The number of amides is 1. The minimum Gasteiger partial charge on any atom is -0.293 e. The fourth-order valence-corrected chi connectivity index (χ4v) is 1.91. The van der Waals surface area contributed by atoms with Crippen molar-refractivity contribution in [2.75, 3.05) is 5.43 Å². The summed E-state index contributed by atoms with van der Waals surface area (Å²) in [5.41, 5.74) is 1.23. The molecule has 0 fully saturated rings. The van der Waals surface area contributed by atoms with Crippen LogP contribution in [0.15, 0.2) is 22.7 Å². The van der Waals surface area contributed by atoms with E-state index in [2.05, 4.69) is 15.9 Å². The van der Waals surface area contributed by atoms with Gasteiger partial charge in [0.05, 0.1) is 5.56 Å². The molecule has 0 unspecified atom stereocenters. The molecular weight excluding hydrogens is 394 g/mol. The van der Waals surface area contributed by atoms with Crippen molar-refractivity contribution in [2.24, 2.45) is 0 Å². The van der Waals surface area contributed by atoms with Crippen molar-refractivity contribution < 1.29 is 31.1 Å². The molecule has 0 aromatic heterocycles. The summed E-state index contributed by atoms with van der Waals surface area (Å²) in [5.74, 6) is -13.2. The Kier molecular flexibility index (Phi) is 4.83. The highest BCUT2D eigenvalue weighted by atomic mass is 79.9. The van der Waals surface area contributed by atoms with Gasteiger partial charge in [0, 0.05) is 4.47 Å². The lowest BCUT2D eigenvalue weighted by Crippen LogP contribution is -2.31. The van der Waals surface area contributed by atoms with Gasteiger partial charge in [0.1, 0.15) is 11.5 Å². The minimum absolute atomic E-state index is 0.333. The van der Waals surface area contributed by atoms with Gasteiger partial charge in [0.15, 0.2) is 23.3 Å². The molecule has 0 heterocycles. The number of halogens is 7. The molecule has 0 atom stereocenters. The molecule has 10 heteroatoms. The largest absolute Gasteiger partial charge is 0.293 e. The third-order valence-corrected chi connectivity index (χ3v) is 3.18. The van der Waals surface area contributed by atoms with Gasteiger partial charge in [0.2, 0.25) is 5.82 Å². The van der Waals surface area contributed by atoms with Crippen LogP contribution in [0, 0.1) is 34.9 Å². The molecule has 0 saturated carbocycles. The number of carbonyl (C=O) groups is 1. The quantitative estimate of drug-likeness (QED) is 0.354. The molecule has 3 nitrogen and oxygen atoms in total. The zero-order chi connectivity index (χ0) is 17.3. The van der Waals surface area contributed by atoms with Gasteiger partial charge in [0.25, 0.3) is 5.91 Å². The molecule has 2 aromatic carbocycles. The molecular formula is C13H5BrF6N2O. The van der Waals surface area contributed by atoms with Crippen LogP contribution in [0.3, 0.4) is 0 Å². The monoisotopic (exact) mass is 398 g/mol. The van der Waals surface area contributed by atoms with Crippen molar-refractivity contribution in [1.29, 1.82) is 0 Å². The summed E-state index contributed by atoms with van der Waals surface area (Å²) >= 11 is 2.96. The number of nitrogens with one attached hydrogen (secondary N) is 2. The van der Waals surface area contributed by atoms with Gasteiger partial charge in [-0.1, -0.05) is 15.9 Å². The maximum atomic E-state index is 13.5. The Morgan fingerprint density at radius 2 is 1.39 bits per heavy atom. The average molecular weight is 399 g/mol. The first-order valence-corrected chi connectivity index (χ1v) is 6.56. The number of anilines is 1. The Labute approximate surface area is 133 Å². The van der Waals surface area contributed by atoms with Crippen molar-refractivity contribution in [3.05, 3.63) is 63.1 Å². The van der Waals surface area contributed by atoms with E-state index in [4.69, 9.17) is 0 Å². The number of hydrogen-bond acceptors (Lipinski definition) is 2. The number of hydrazine groups is 1. The molecule has 23 heavy (non-hydrogen) atoms. The van der Waals surface area contributed by atoms with E-state index < -0.39 is 52.1 Å². The fraction of sp³-hybridized carbons (Fsp3) is 0. The van der Waals surface area contributed by atoms with Gasteiger partial charge >= 0.3 is 0 Å². The number of rotatable bonds is 3. The van der Waals surface area contributed by atoms with E-state index in [0.29, 0.717) is 4.47 Å².